The van der Waals surface area contributed by atoms with Gasteiger partial charge in [-0.1, -0.05) is 6.07 Å². The number of benzene rings is 1. The molecule has 0 radical (unpaired) electrons. The zero-order valence-corrected chi connectivity index (χ0v) is 11.0. The minimum atomic E-state index is -2.88. The first-order chi connectivity index (χ1) is 8.50. The van der Waals surface area contributed by atoms with E-state index in [2.05, 4.69) is 5.32 Å². The first kappa shape index (κ1) is 13.3. The van der Waals surface area contributed by atoms with Gasteiger partial charge >= 0.3 is 0 Å². The van der Waals surface area contributed by atoms with Crippen molar-refractivity contribution in [3.63, 3.8) is 0 Å². The molecule has 1 aliphatic heterocycles. The fraction of sp³-hybridized carbons (Fsp3) is 0.500. The Hall–Kier alpha value is -1.14. The van der Waals surface area contributed by atoms with Gasteiger partial charge in [0.25, 0.3) is 0 Å². The van der Waals surface area contributed by atoms with Gasteiger partial charge in [0.2, 0.25) is 0 Å². The summed E-state index contributed by atoms with van der Waals surface area (Å²) >= 11 is 0. The molecule has 0 spiro atoms. The summed E-state index contributed by atoms with van der Waals surface area (Å²) < 4.78 is 40.8. The maximum atomic E-state index is 13.4. The average Bonchev–Trinajstić information content (AvgIpc) is 2.66. The van der Waals surface area contributed by atoms with Gasteiger partial charge in [-0.15, -0.1) is 0 Å². The van der Waals surface area contributed by atoms with Crippen molar-refractivity contribution in [1.29, 1.82) is 0 Å². The number of ether oxygens (including phenoxy) is 1. The highest BCUT2D eigenvalue weighted by molar-refractivity contribution is 7.91. The first-order valence-corrected chi connectivity index (χ1v) is 7.58. The van der Waals surface area contributed by atoms with Crippen molar-refractivity contribution < 1.29 is 17.5 Å². The second kappa shape index (κ2) is 5.24. The molecule has 1 aliphatic rings. The van der Waals surface area contributed by atoms with E-state index in [1.54, 1.807) is 12.1 Å². The predicted molar refractivity (Wildman–Crippen MR) is 66.9 cm³/mol. The maximum absolute atomic E-state index is 13.4. The van der Waals surface area contributed by atoms with Crippen molar-refractivity contribution in [2.24, 2.45) is 0 Å². The van der Waals surface area contributed by atoms with Crippen molar-refractivity contribution in [3.05, 3.63) is 29.6 Å². The Bertz CT molecular complexity index is 530. The SMILES string of the molecule is COc1ccc(CNC2CCS(=O)(=O)C2)cc1F. The Morgan fingerprint density at radius 1 is 1.50 bits per heavy atom. The molecular weight excluding hydrogens is 257 g/mol. The summed E-state index contributed by atoms with van der Waals surface area (Å²) in [6.45, 7) is 0.459. The monoisotopic (exact) mass is 273 g/mol. The van der Waals surface area contributed by atoms with E-state index < -0.39 is 15.7 Å². The van der Waals surface area contributed by atoms with Crippen molar-refractivity contribution in [2.75, 3.05) is 18.6 Å². The fourth-order valence-electron chi connectivity index (χ4n) is 2.04. The van der Waals surface area contributed by atoms with Crippen LogP contribution in [-0.4, -0.2) is 33.1 Å². The quantitative estimate of drug-likeness (QED) is 0.893. The van der Waals surface area contributed by atoms with Gasteiger partial charge in [0.15, 0.2) is 21.4 Å². The summed E-state index contributed by atoms with van der Waals surface area (Å²) in [5.74, 6) is 0.214. The molecule has 0 bridgehead atoms. The van der Waals surface area contributed by atoms with Crippen LogP contribution >= 0.6 is 0 Å². The molecule has 0 aromatic heterocycles. The van der Waals surface area contributed by atoms with Crippen LogP contribution in [0.1, 0.15) is 12.0 Å². The molecule has 1 aromatic carbocycles. The van der Waals surface area contributed by atoms with E-state index in [-0.39, 0.29) is 23.3 Å². The van der Waals surface area contributed by atoms with Gasteiger partial charge in [-0.2, -0.15) is 0 Å². The molecule has 18 heavy (non-hydrogen) atoms. The summed E-state index contributed by atoms with van der Waals surface area (Å²) in [5, 5.41) is 3.13. The molecular formula is C12H16FNO3S. The number of nitrogens with one attached hydrogen (secondary N) is 1. The molecule has 2 rings (SSSR count). The van der Waals surface area contributed by atoms with Gasteiger partial charge in [-0.05, 0) is 24.1 Å². The lowest BCUT2D eigenvalue weighted by atomic mass is 10.2. The molecule has 6 heteroatoms. The lowest BCUT2D eigenvalue weighted by molar-refractivity contribution is 0.386. The van der Waals surface area contributed by atoms with Crippen LogP contribution < -0.4 is 10.1 Å². The Balaban J connectivity index is 1.93. The van der Waals surface area contributed by atoms with Crippen molar-refractivity contribution in [1.82, 2.24) is 5.32 Å². The van der Waals surface area contributed by atoms with Crippen molar-refractivity contribution >= 4 is 9.84 Å². The zero-order valence-electron chi connectivity index (χ0n) is 10.1. The molecule has 1 heterocycles. The van der Waals surface area contributed by atoms with Crippen LogP contribution in [0.5, 0.6) is 5.75 Å². The Morgan fingerprint density at radius 2 is 2.28 bits per heavy atom. The van der Waals surface area contributed by atoms with Crippen LogP contribution in [0, 0.1) is 5.82 Å². The summed E-state index contributed by atoms with van der Waals surface area (Å²) in [6, 6.07) is 4.70. The molecule has 1 fully saturated rings. The van der Waals surface area contributed by atoms with Crippen LogP contribution in [0.4, 0.5) is 4.39 Å². The number of methoxy groups -OCH3 is 1. The Labute approximate surface area is 106 Å². The van der Waals surface area contributed by atoms with E-state index in [0.29, 0.717) is 13.0 Å². The smallest absolute Gasteiger partial charge is 0.165 e. The second-order valence-electron chi connectivity index (χ2n) is 4.45. The van der Waals surface area contributed by atoms with E-state index in [9.17, 15) is 12.8 Å². The van der Waals surface area contributed by atoms with Crippen LogP contribution in [-0.2, 0) is 16.4 Å². The van der Waals surface area contributed by atoms with E-state index in [4.69, 9.17) is 4.74 Å². The normalized spacial score (nSPS) is 22.0. The molecule has 1 atom stereocenters. The summed E-state index contributed by atoms with van der Waals surface area (Å²) in [6.07, 6.45) is 0.626. The molecule has 1 unspecified atom stereocenters. The third-order valence-corrected chi connectivity index (χ3v) is 4.81. The number of sulfone groups is 1. The molecule has 1 aromatic rings. The van der Waals surface area contributed by atoms with Crippen LogP contribution in [0.3, 0.4) is 0 Å². The second-order valence-corrected chi connectivity index (χ2v) is 6.68. The van der Waals surface area contributed by atoms with E-state index in [0.717, 1.165) is 5.56 Å². The highest BCUT2D eigenvalue weighted by Gasteiger charge is 2.27. The standard InChI is InChI=1S/C12H16FNO3S/c1-17-12-3-2-9(6-11(12)13)7-14-10-4-5-18(15,16)8-10/h2-3,6,10,14H,4-5,7-8H2,1H3. The molecule has 100 valence electrons. The summed E-state index contributed by atoms with van der Waals surface area (Å²) in [7, 11) is -1.46. The highest BCUT2D eigenvalue weighted by atomic mass is 32.2. The number of rotatable bonds is 4. The predicted octanol–water partition coefficient (Wildman–Crippen LogP) is 1.11. The minimum absolute atomic E-state index is 0.0276. The largest absolute Gasteiger partial charge is 0.494 e. The molecule has 1 saturated heterocycles. The number of halogens is 1. The number of hydrogen-bond donors (Lipinski definition) is 1. The van der Waals surface area contributed by atoms with Gasteiger partial charge in [0.1, 0.15) is 0 Å². The third kappa shape index (κ3) is 3.20. The molecule has 4 nitrogen and oxygen atoms in total. The van der Waals surface area contributed by atoms with Gasteiger partial charge in [-0.25, -0.2) is 12.8 Å². The summed E-state index contributed by atoms with van der Waals surface area (Å²) in [5.41, 5.74) is 0.776. The third-order valence-electron chi connectivity index (χ3n) is 3.04. The molecule has 0 amide bonds. The van der Waals surface area contributed by atoms with Crippen LogP contribution in [0.15, 0.2) is 18.2 Å². The lowest BCUT2D eigenvalue weighted by Crippen LogP contribution is -2.29. The fourth-order valence-corrected chi connectivity index (χ4v) is 3.75. The van der Waals surface area contributed by atoms with E-state index >= 15 is 0 Å². The molecule has 0 saturated carbocycles. The van der Waals surface area contributed by atoms with E-state index in [1.165, 1.54) is 13.2 Å². The van der Waals surface area contributed by atoms with Gasteiger partial charge < -0.3 is 10.1 Å². The van der Waals surface area contributed by atoms with Gasteiger partial charge in [0, 0.05) is 12.6 Å². The van der Waals surface area contributed by atoms with Gasteiger partial charge in [0.05, 0.1) is 18.6 Å². The van der Waals surface area contributed by atoms with Gasteiger partial charge in [-0.3, -0.25) is 0 Å². The molecule has 1 N–H and O–H groups in total. The summed E-state index contributed by atoms with van der Waals surface area (Å²) in [4.78, 5) is 0. The first-order valence-electron chi connectivity index (χ1n) is 5.76. The zero-order chi connectivity index (χ0) is 13.2. The van der Waals surface area contributed by atoms with Crippen LogP contribution in [0.2, 0.25) is 0 Å². The lowest BCUT2D eigenvalue weighted by Gasteiger charge is -2.11. The van der Waals surface area contributed by atoms with Crippen molar-refractivity contribution in [2.45, 2.75) is 19.0 Å². The topological polar surface area (TPSA) is 55.4 Å². The Morgan fingerprint density at radius 3 is 2.83 bits per heavy atom. The van der Waals surface area contributed by atoms with Crippen molar-refractivity contribution in [3.8, 4) is 5.75 Å². The van der Waals surface area contributed by atoms with Crippen LogP contribution in [0.25, 0.3) is 0 Å². The number of hydrogen-bond acceptors (Lipinski definition) is 4. The maximum Gasteiger partial charge on any atom is 0.165 e. The minimum Gasteiger partial charge on any atom is -0.494 e. The average molecular weight is 273 g/mol. The highest BCUT2D eigenvalue weighted by Crippen LogP contribution is 2.18. The van der Waals surface area contributed by atoms with E-state index in [1.807, 2.05) is 0 Å². The molecule has 0 aliphatic carbocycles. The Kier molecular flexibility index (Phi) is 3.87.